The van der Waals surface area contributed by atoms with Gasteiger partial charge in [-0.15, -0.1) is 0 Å². The van der Waals surface area contributed by atoms with E-state index in [0.29, 0.717) is 6.54 Å². The molecule has 0 saturated carbocycles. The lowest BCUT2D eigenvalue weighted by Gasteiger charge is -2.10. The van der Waals surface area contributed by atoms with Gasteiger partial charge in [0.1, 0.15) is 0 Å². The van der Waals surface area contributed by atoms with E-state index in [-0.39, 0.29) is 0 Å². The Morgan fingerprint density at radius 1 is 1.55 bits per heavy atom. The van der Waals surface area contributed by atoms with E-state index in [4.69, 9.17) is 5.26 Å². The van der Waals surface area contributed by atoms with Gasteiger partial charge in [0.2, 0.25) is 10.0 Å². The highest BCUT2D eigenvalue weighted by molar-refractivity contribution is 7.88. The zero-order valence-electron chi connectivity index (χ0n) is 6.74. The van der Waals surface area contributed by atoms with Crippen molar-refractivity contribution in [1.29, 1.82) is 5.26 Å². The maximum absolute atomic E-state index is 10.8. The molecule has 0 fully saturated rings. The van der Waals surface area contributed by atoms with E-state index in [2.05, 4.69) is 0 Å². The molecule has 0 radical (unpaired) electrons. The van der Waals surface area contributed by atoms with E-state index in [1.165, 1.54) is 0 Å². The van der Waals surface area contributed by atoms with Crippen molar-refractivity contribution in [1.82, 2.24) is 4.31 Å². The van der Waals surface area contributed by atoms with Crippen molar-refractivity contribution in [3.05, 3.63) is 0 Å². The van der Waals surface area contributed by atoms with Crippen LogP contribution in [0.5, 0.6) is 0 Å². The van der Waals surface area contributed by atoms with Crippen LogP contribution < -0.4 is 0 Å². The second-order valence-corrected chi connectivity index (χ2v) is 4.20. The molecule has 0 aromatic heterocycles. The lowest BCUT2D eigenvalue weighted by Crippen LogP contribution is -2.25. The molecule has 0 aromatic carbocycles. The fraction of sp³-hybridized carbons (Fsp3) is 0.833. The Balaban J connectivity index is 4.12. The molecule has 0 rings (SSSR count). The van der Waals surface area contributed by atoms with Gasteiger partial charge in [0.15, 0.2) is 6.19 Å². The van der Waals surface area contributed by atoms with E-state index in [9.17, 15) is 8.42 Å². The molecule has 0 aliphatic heterocycles. The van der Waals surface area contributed by atoms with E-state index in [1.54, 1.807) is 6.19 Å². The molecule has 4 nitrogen and oxygen atoms in total. The minimum absolute atomic E-state index is 0.297. The van der Waals surface area contributed by atoms with Gasteiger partial charge in [-0.1, -0.05) is 13.3 Å². The number of hydrogen-bond acceptors (Lipinski definition) is 3. The van der Waals surface area contributed by atoms with Crippen LogP contribution in [0.4, 0.5) is 0 Å². The van der Waals surface area contributed by atoms with Crippen LogP contribution in [0.3, 0.4) is 0 Å². The molecular weight excluding hydrogens is 164 g/mol. The standard InChI is InChI=1S/C6H12N2O2S/c1-3-4-5-8(6-7)11(2,9)10/h3-5H2,1-2H3. The van der Waals surface area contributed by atoms with Crippen molar-refractivity contribution >= 4 is 10.0 Å². The van der Waals surface area contributed by atoms with Gasteiger partial charge in [-0.05, 0) is 6.42 Å². The van der Waals surface area contributed by atoms with Gasteiger partial charge in [-0.2, -0.15) is 5.26 Å². The van der Waals surface area contributed by atoms with Gasteiger partial charge in [-0.3, -0.25) is 0 Å². The van der Waals surface area contributed by atoms with Crippen LogP contribution in [0.1, 0.15) is 19.8 Å². The fourth-order valence-electron chi connectivity index (χ4n) is 0.592. The molecule has 0 aromatic rings. The van der Waals surface area contributed by atoms with Crippen molar-refractivity contribution in [3.8, 4) is 6.19 Å². The molecule has 0 saturated heterocycles. The van der Waals surface area contributed by atoms with E-state index < -0.39 is 10.0 Å². The number of hydrogen-bond donors (Lipinski definition) is 0. The number of rotatable bonds is 4. The highest BCUT2D eigenvalue weighted by Gasteiger charge is 2.12. The minimum atomic E-state index is -3.32. The third kappa shape index (κ3) is 3.83. The molecule has 64 valence electrons. The summed E-state index contributed by atoms with van der Waals surface area (Å²) in [7, 11) is -3.32. The normalized spacial score (nSPS) is 10.6. The molecule has 0 amide bonds. The molecule has 0 aliphatic rings. The molecule has 5 heteroatoms. The van der Waals surface area contributed by atoms with Gasteiger partial charge in [0, 0.05) is 6.54 Å². The van der Waals surface area contributed by atoms with Gasteiger partial charge in [0.05, 0.1) is 6.26 Å². The summed E-state index contributed by atoms with van der Waals surface area (Å²) in [6.07, 6.45) is 4.26. The van der Waals surface area contributed by atoms with Crippen molar-refractivity contribution in [2.24, 2.45) is 0 Å². The van der Waals surface area contributed by atoms with Gasteiger partial charge < -0.3 is 0 Å². The summed E-state index contributed by atoms with van der Waals surface area (Å²) in [5.74, 6) is 0. The van der Waals surface area contributed by atoms with Crippen LogP contribution in [-0.2, 0) is 10.0 Å². The van der Waals surface area contributed by atoms with Crippen molar-refractivity contribution in [3.63, 3.8) is 0 Å². The Hall–Kier alpha value is -0.760. The van der Waals surface area contributed by atoms with Crippen LogP contribution in [0.15, 0.2) is 0 Å². The zero-order chi connectivity index (χ0) is 8.91. The monoisotopic (exact) mass is 176 g/mol. The van der Waals surface area contributed by atoms with Crippen molar-refractivity contribution in [2.45, 2.75) is 19.8 Å². The Morgan fingerprint density at radius 3 is 2.36 bits per heavy atom. The summed E-state index contributed by atoms with van der Waals surface area (Å²) in [6.45, 7) is 2.24. The summed E-state index contributed by atoms with van der Waals surface area (Å²) < 4.78 is 22.3. The zero-order valence-corrected chi connectivity index (χ0v) is 7.56. The van der Waals surface area contributed by atoms with E-state index in [1.807, 2.05) is 6.92 Å². The lowest BCUT2D eigenvalue weighted by atomic mass is 10.3. The van der Waals surface area contributed by atoms with Crippen LogP contribution in [-0.4, -0.2) is 25.5 Å². The summed E-state index contributed by atoms with van der Waals surface area (Å²) in [6, 6.07) is 0. The van der Waals surface area contributed by atoms with E-state index in [0.717, 1.165) is 23.4 Å². The molecule has 0 spiro atoms. The number of nitrogens with zero attached hydrogens (tertiary/aromatic N) is 2. The SMILES string of the molecule is CCCCN(C#N)S(C)(=O)=O. The van der Waals surface area contributed by atoms with Gasteiger partial charge >= 0.3 is 0 Å². The van der Waals surface area contributed by atoms with Crippen molar-refractivity contribution < 1.29 is 8.42 Å². The molecule has 11 heavy (non-hydrogen) atoms. The smallest absolute Gasteiger partial charge is 0.206 e. The highest BCUT2D eigenvalue weighted by atomic mass is 32.2. The molecule has 0 heterocycles. The highest BCUT2D eigenvalue weighted by Crippen LogP contribution is 1.98. The predicted molar refractivity (Wildman–Crippen MR) is 42.1 cm³/mol. The van der Waals surface area contributed by atoms with Crippen molar-refractivity contribution in [2.75, 3.05) is 12.8 Å². The fourth-order valence-corrected chi connectivity index (χ4v) is 1.20. The second-order valence-electron chi connectivity index (χ2n) is 2.29. The maximum atomic E-state index is 10.8. The summed E-state index contributed by atoms with van der Waals surface area (Å²) in [4.78, 5) is 0. The molecule has 0 N–H and O–H groups in total. The lowest BCUT2D eigenvalue weighted by molar-refractivity contribution is 0.501. The molecule has 0 bridgehead atoms. The minimum Gasteiger partial charge on any atom is -0.206 e. The number of unbranched alkanes of at least 4 members (excludes halogenated alkanes) is 1. The molecule has 0 unspecified atom stereocenters. The molecule has 0 atom stereocenters. The van der Waals surface area contributed by atoms with Crippen LogP contribution in [0, 0.1) is 11.5 Å². The van der Waals surface area contributed by atoms with Crippen LogP contribution in [0.2, 0.25) is 0 Å². The topological polar surface area (TPSA) is 61.2 Å². The second kappa shape index (κ2) is 4.19. The summed E-state index contributed by atoms with van der Waals surface area (Å²) in [5, 5.41) is 8.39. The van der Waals surface area contributed by atoms with E-state index >= 15 is 0 Å². The average Bonchev–Trinajstić information content (AvgIpc) is 1.87. The number of nitriles is 1. The first-order valence-corrected chi connectivity index (χ1v) is 5.24. The Morgan fingerprint density at radius 2 is 2.09 bits per heavy atom. The molecule has 0 aliphatic carbocycles. The quantitative estimate of drug-likeness (QED) is 0.463. The third-order valence-electron chi connectivity index (χ3n) is 1.23. The molecular formula is C6H12N2O2S. The maximum Gasteiger partial charge on any atom is 0.240 e. The Labute approximate surface area is 67.5 Å². The first kappa shape index (κ1) is 10.2. The Kier molecular flexibility index (Phi) is 3.90. The first-order valence-electron chi connectivity index (χ1n) is 3.39. The van der Waals surface area contributed by atoms with Gasteiger partial charge in [0.25, 0.3) is 0 Å². The van der Waals surface area contributed by atoms with Crippen LogP contribution in [0.25, 0.3) is 0 Å². The third-order valence-corrected chi connectivity index (χ3v) is 2.29. The first-order chi connectivity index (χ1) is 5.02. The Bertz CT molecular complexity index is 240. The summed E-state index contributed by atoms with van der Waals surface area (Å²) >= 11 is 0. The largest absolute Gasteiger partial charge is 0.240 e. The number of sulfonamides is 1. The van der Waals surface area contributed by atoms with Gasteiger partial charge in [-0.25, -0.2) is 12.7 Å². The average molecular weight is 176 g/mol. The summed E-state index contributed by atoms with van der Waals surface area (Å²) in [5.41, 5.74) is 0. The predicted octanol–water partition coefficient (Wildman–Crippen LogP) is 0.529. The van der Waals surface area contributed by atoms with Crippen LogP contribution >= 0.6 is 0 Å².